The van der Waals surface area contributed by atoms with Crippen LogP contribution in [-0.2, 0) is 39.5 Å². The molecule has 39 heavy (non-hydrogen) atoms. The van der Waals surface area contributed by atoms with Gasteiger partial charge in [-0.15, -0.1) is 6.42 Å². The van der Waals surface area contributed by atoms with Crippen molar-refractivity contribution in [3.8, 4) is 0 Å². The van der Waals surface area contributed by atoms with E-state index < -0.39 is 6.89 Å². The van der Waals surface area contributed by atoms with Crippen molar-refractivity contribution in [3.63, 3.8) is 0 Å². The van der Waals surface area contributed by atoms with Crippen molar-refractivity contribution >= 4 is 29.1 Å². The van der Waals surface area contributed by atoms with Gasteiger partial charge in [-0.1, -0.05) is 101 Å². The van der Waals surface area contributed by atoms with Gasteiger partial charge >= 0.3 is 17.1 Å². The Morgan fingerprint density at radius 3 is 1.87 bits per heavy atom. The first-order valence-electron chi connectivity index (χ1n) is 13.5. The second-order valence-electron chi connectivity index (χ2n) is 9.37. The molecule has 0 amide bonds. The zero-order valence-corrected chi connectivity index (χ0v) is 25.8. The van der Waals surface area contributed by atoms with E-state index in [1.165, 1.54) is 11.1 Å². The van der Waals surface area contributed by atoms with Gasteiger partial charge in [-0.05, 0) is 52.4 Å². The van der Waals surface area contributed by atoms with Gasteiger partial charge in [0.15, 0.2) is 0 Å². The average molecular weight is 580 g/mol. The van der Waals surface area contributed by atoms with Gasteiger partial charge in [0.2, 0.25) is 0 Å². The molecule has 0 bridgehead atoms. The van der Waals surface area contributed by atoms with E-state index in [-0.39, 0.29) is 30.4 Å². The summed E-state index contributed by atoms with van der Waals surface area (Å²) in [6, 6.07) is 16.7. The van der Waals surface area contributed by atoms with E-state index in [0.717, 1.165) is 60.9 Å². The van der Waals surface area contributed by atoms with Crippen LogP contribution in [0.5, 0.6) is 0 Å². The van der Waals surface area contributed by atoms with E-state index in [4.69, 9.17) is 0 Å². The number of hydrogen-bond acceptors (Lipinski definition) is 2. The first-order chi connectivity index (χ1) is 18.2. The Balaban J connectivity index is 0.000000976. The maximum atomic E-state index is 13.3. The second-order valence-corrected chi connectivity index (χ2v) is 12.4. The molecule has 0 spiro atoms. The fraction of sp³-hybridized carbons (Fsp3) is 0.314. The first-order valence-corrected chi connectivity index (χ1v) is 15.3. The molecule has 0 aliphatic heterocycles. The SMILES string of the molecule is CCCc1ccccc1P(=C=O)(C1=CC=CC(=C=O)C1CCC)c1ccccc1CCC.[C-]1=CC=CC1.[CH3-].[Mn+2]. The molecule has 0 aromatic heterocycles. The summed E-state index contributed by atoms with van der Waals surface area (Å²) in [7, 11) is 0. The number of rotatable bonds is 9. The van der Waals surface area contributed by atoms with E-state index in [9.17, 15) is 9.59 Å². The van der Waals surface area contributed by atoms with Gasteiger partial charge < -0.3 is 7.43 Å². The van der Waals surface area contributed by atoms with Crippen LogP contribution in [0.2, 0.25) is 0 Å². The molecule has 0 saturated heterocycles. The topological polar surface area (TPSA) is 34.1 Å². The van der Waals surface area contributed by atoms with E-state index >= 15 is 0 Å². The summed E-state index contributed by atoms with van der Waals surface area (Å²) >= 11 is 0. The maximum Gasteiger partial charge on any atom is 2.00 e. The molecule has 2 aromatic rings. The number of carbonyl (C=O) groups excluding carboxylic acids is 2. The van der Waals surface area contributed by atoms with Gasteiger partial charge in [0.05, 0.1) is 6.89 Å². The largest absolute Gasteiger partial charge is 2.00 e. The number of aryl methyl sites for hydroxylation is 2. The minimum absolute atomic E-state index is 0. The normalized spacial score (nSPS) is 15.2. The third-order valence-corrected chi connectivity index (χ3v) is 10.7. The third kappa shape index (κ3) is 7.96. The zero-order valence-electron chi connectivity index (χ0n) is 23.8. The minimum Gasteiger partial charge on any atom is -0.358 e. The molecular formula is C35H41MnO2P. The minimum atomic E-state index is -2.72. The smallest absolute Gasteiger partial charge is 0.358 e. The predicted molar refractivity (Wildman–Crippen MR) is 166 cm³/mol. The molecule has 0 saturated carbocycles. The first kappa shape index (κ1) is 34.4. The van der Waals surface area contributed by atoms with Crippen molar-refractivity contribution in [2.45, 2.75) is 65.7 Å². The van der Waals surface area contributed by atoms with Gasteiger partial charge in [-0.3, -0.25) is 6.08 Å². The van der Waals surface area contributed by atoms with Crippen LogP contribution < -0.4 is 10.6 Å². The summed E-state index contributed by atoms with van der Waals surface area (Å²) in [6.07, 6.45) is 21.4. The molecule has 2 nitrogen and oxygen atoms in total. The van der Waals surface area contributed by atoms with Crippen LogP contribution >= 0.6 is 6.89 Å². The number of allylic oxidation sites excluding steroid dienone is 9. The van der Waals surface area contributed by atoms with Crippen molar-refractivity contribution in [3.05, 3.63) is 121 Å². The molecule has 205 valence electrons. The molecule has 2 aromatic carbocycles. The van der Waals surface area contributed by atoms with Crippen molar-refractivity contribution in [2.75, 3.05) is 0 Å². The van der Waals surface area contributed by atoms with Crippen molar-refractivity contribution < 1.29 is 26.7 Å². The third-order valence-electron chi connectivity index (χ3n) is 6.83. The Bertz CT molecular complexity index is 1250. The molecule has 2 aliphatic carbocycles. The van der Waals surface area contributed by atoms with E-state index in [1.54, 1.807) is 0 Å². The van der Waals surface area contributed by atoms with Crippen LogP contribution in [0, 0.1) is 19.4 Å². The van der Waals surface area contributed by atoms with Crippen molar-refractivity contribution in [2.24, 2.45) is 5.92 Å². The number of benzene rings is 2. The van der Waals surface area contributed by atoms with Crippen LogP contribution in [0.1, 0.15) is 64.0 Å². The summed E-state index contributed by atoms with van der Waals surface area (Å²) < 4.78 is 0. The average Bonchev–Trinajstić information content (AvgIpc) is 3.53. The fourth-order valence-corrected chi connectivity index (χ4v) is 9.24. The molecule has 1 atom stereocenters. The molecule has 4 rings (SSSR count). The van der Waals surface area contributed by atoms with Gasteiger partial charge in [-0.2, -0.15) is 6.08 Å². The Morgan fingerprint density at radius 2 is 1.46 bits per heavy atom. The van der Waals surface area contributed by atoms with Gasteiger partial charge in [0.1, 0.15) is 11.6 Å². The van der Waals surface area contributed by atoms with Crippen LogP contribution in [0.25, 0.3) is 0 Å². The summed E-state index contributed by atoms with van der Waals surface area (Å²) in [4.78, 5) is 25.2. The molecule has 0 N–H and O–H groups in total. The van der Waals surface area contributed by atoms with Gasteiger partial charge in [0, 0.05) is 11.5 Å². The molecule has 1 unspecified atom stereocenters. The predicted octanol–water partition coefficient (Wildman–Crippen LogP) is 8.01. The fourth-order valence-electron chi connectivity index (χ4n) is 5.22. The van der Waals surface area contributed by atoms with Crippen LogP contribution in [0.15, 0.2) is 95.9 Å². The Labute approximate surface area is 247 Å². The summed E-state index contributed by atoms with van der Waals surface area (Å²) in [6.45, 7) is 3.74. The van der Waals surface area contributed by atoms with Crippen LogP contribution in [0.4, 0.5) is 0 Å². The summed E-state index contributed by atoms with van der Waals surface area (Å²) in [5, 5.41) is 3.23. The van der Waals surface area contributed by atoms with Crippen molar-refractivity contribution in [1.82, 2.24) is 0 Å². The summed E-state index contributed by atoms with van der Waals surface area (Å²) in [5.74, 6) is 2.06. The quantitative estimate of drug-likeness (QED) is 0.131. The summed E-state index contributed by atoms with van der Waals surface area (Å²) in [5.41, 5.74) is 5.73. The Hall–Kier alpha value is -2.62. The maximum absolute atomic E-state index is 13.3. The van der Waals surface area contributed by atoms with Crippen molar-refractivity contribution in [1.29, 1.82) is 0 Å². The van der Waals surface area contributed by atoms with E-state index in [1.807, 2.05) is 36.4 Å². The monoisotopic (exact) mass is 579 g/mol. The van der Waals surface area contributed by atoms with Gasteiger partial charge in [-0.25, -0.2) is 21.7 Å². The van der Waals surface area contributed by atoms with Gasteiger partial charge in [0.25, 0.3) is 0 Å². The van der Waals surface area contributed by atoms with E-state index in [0.29, 0.717) is 5.57 Å². The number of hydrogen-bond donors (Lipinski definition) is 0. The molecular weight excluding hydrogens is 538 g/mol. The molecule has 1 radical (unpaired) electrons. The van der Waals surface area contributed by atoms with Crippen LogP contribution in [-0.4, -0.2) is 11.6 Å². The molecule has 4 heteroatoms. The Kier molecular flexibility index (Phi) is 15.8. The standard InChI is InChI=1S/C29H33O2P.C5H5.CH3.Mn/c1-4-12-23-15-7-9-18-27(23)32(22-31,28-19-10-8-16-24(28)13-5-2)29-20-11-17-25(21-30)26(29)14-6-3;1-2-4-5-3-1;;/h7-11,15-20,26H,4-6,12-14H2,1-3H3;1-3H,4H2;1H3;/q;2*-1;+2. The van der Waals surface area contributed by atoms with E-state index in [2.05, 4.69) is 87.0 Å². The molecule has 2 aliphatic rings. The second kappa shape index (κ2) is 17.9. The van der Waals surface area contributed by atoms with Crippen LogP contribution in [0.3, 0.4) is 0 Å². The molecule has 0 heterocycles. The Morgan fingerprint density at radius 1 is 0.872 bits per heavy atom. The zero-order chi connectivity index (χ0) is 26.5. The molecule has 0 fully saturated rings.